The van der Waals surface area contributed by atoms with E-state index in [1.165, 1.54) is 6.07 Å². The molecule has 5 nitrogen and oxygen atoms in total. The van der Waals surface area contributed by atoms with E-state index >= 15 is 0 Å². The second-order valence-electron chi connectivity index (χ2n) is 6.00. The third-order valence-electron chi connectivity index (χ3n) is 3.62. The molecule has 1 aliphatic rings. The zero-order valence-corrected chi connectivity index (χ0v) is 13.2. The normalized spacial score (nSPS) is 16.6. The Morgan fingerprint density at radius 3 is 2.65 bits per heavy atom. The highest BCUT2D eigenvalue weighted by Crippen LogP contribution is 2.39. The van der Waals surface area contributed by atoms with Gasteiger partial charge in [-0.1, -0.05) is 6.92 Å². The van der Waals surface area contributed by atoms with Crippen LogP contribution in [0.2, 0.25) is 0 Å². The van der Waals surface area contributed by atoms with Crippen LogP contribution in [0.15, 0.2) is 21.6 Å². The number of rotatable bonds is 8. The number of furan rings is 1. The van der Waals surface area contributed by atoms with E-state index in [-0.39, 0.29) is 5.09 Å². The van der Waals surface area contributed by atoms with Crippen molar-refractivity contribution in [1.29, 1.82) is 0 Å². The Balaban J connectivity index is 2.02. The van der Waals surface area contributed by atoms with Crippen molar-refractivity contribution in [3.05, 3.63) is 17.9 Å². The molecule has 1 saturated carbocycles. The lowest BCUT2D eigenvalue weighted by Gasteiger charge is -2.24. The van der Waals surface area contributed by atoms with Crippen LogP contribution in [0.5, 0.6) is 0 Å². The molecule has 1 heterocycles. The largest absolute Gasteiger partial charge is 0.447 e. The molecule has 1 aromatic rings. The summed E-state index contributed by atoms with van der Waals surface area (Å²) in [5.41, 5.74) is -0.410. The van der Waals surface area contributed by atoms with Crippen LogP contribution in [-0.4, -0.2) is 20.5 Å². The van der Waals surface area contributed by atoms with Gasteiger partial charge in [-0.3, -0.25) is 0 Å². The van der Waals surface area contributed by atoms with Gasteiger partial charge in [-0.05, 0) is 57.7 Å². The molecule has 0 spiro atoms. The van der Waals surface area contributed by atoms with Crippen LogP contribution in [-0.2, 0) is 16.6 Å². The predicted molar refractivity (Wildman–Crippen MR) is 77.8 cm³/mol. The van der Waals surface area contributed by atoms with Crippen LogP contribution in [0, 0.1) is 5.92 Å². The van der Waals surface area contributed by atoms with E-state index in [0.717, 1.165) is 25.8 Å². The Hall–Kier alpha value is -0.850. The van der Waals surface area contributed by atoms with Gasteiger partial charge in [-0.2, -0.15) is 0 Å². The van der Waals surface area contributed by atoms with Gasteiger partial charge < -0.3 is 9.73 Å². The van der Waals surface area contributed by atoms with Crippen LogP contribution in [0.1, 0.15) is 45.8 Å². The van der Waals surface area contributed by atoms with E-state index in [9.17, 15) is 8.42 Å². The van der Waals surface area contributed by atoms with Gasteiger partial charge in [-0.25, -0.2) is 13.1 Å². The summed E-state index contributed by atoms with van der Waals surface area (Å²) in [4.78, 5) is 0. The van der Waals surface area contributed by atoms with Gasteiger partial charge in [0.25, 0.3) is 10.0 Å². The van der Waals surface area contributed by atoms with Gasteiger partial charge in [0.2, 0.25) is 5.09 Å². The standard InChI is InChI=1S/C14H24N2O3S/c1-4-9-15-10-12-7-8-13(19-12)20(17,18)16-14(2,3)11-5-6-11/h7-8,11,15-16H,4-6,9-10H2,1-3H3. The van der Waals surface area contributed by atoms with Crippen LogP contribution in [0.25, 0.3) is 0 Å². The average Bonchev–Trinajstić information content (AvgIpc) is 3.09. The van der Waals surface area contributed by atoms with E-state index in [4.69, 9.17) is 4.42 Å². The maximum atomic E-state index is 12.3. The highest BCUT2D eigenvalue weighted by atomic mass is 32.2. The fourth-order valence-electron chi connectivity index (χ4n) is 2.27. The third-order valence-corrected chi connectivity index (χ3v) is 5.17. The van der Waals surface area contributed by atoms with Gasteiger partial charge in [0.15, 0.2) is 0 Å². The van der Waals surface area contributed by atoms with Gasteiger partial charge in [0.1, 0.15) is 5.76 Å². The van der Waals surface area contributed by atoms with E-state index in [2.05, 4.69) is 17.0 Å². The van der Waals surface area contributed by atoms with Gasteiger partial charge in [0.05, 0.1) is 6.54 Å². The molecule has 0 atom stereocenters. The van der Waals surface area contributed by atoms with Crippen molar-refractivity contribution < 1.29 is 12.8 Å². The molecule has 0 aliphatic heterocycles. The van der Waals surface area contributed by atoms with Crippen molar-refractivity contribution in [1.82, 2.24) is 10.0 Å². The fourth-order valence-corrected chi connectivity index (χ4v) is 3.69. The fraction of sp³-hybridized carbons (Fsp3) is 0.714. The van der Waals surface area contributed by atoms with Gasteiger partial charge in [-0.15, -0.1) is 0 Å². The maximum absolute atomic E-state index is 12.3. The number of sulfonamides is 1. The molecular formula is C14H24N2O3S. The first-order valence-corrected chi connectivity index (χ1v) is 8.67. The molecule has 0 bridgehead atoms. The zero-order chi connectivity index (χ0) is 14.8. The summed E-state index contributed by atoms with van der Waals surface area (Å²) in [6, 6.07) is 3.23. The summed E-state index contributed by atoms with van der Waals surface area (Å²) in [6.07, 6.45) is 3.20. The zero-order valence-electron chi connectivity index (χ0n) is 12.4. The van der Waals surface area contributed by atoms with E-state index in [1.54, 1.807) is 6.07 Å². The Morgan fingerprint density at radius 2 is 2.05 bits per heavy atom. The molecule has 0 radical (unpaired) electrons. The number of hydrogen-bond acceptors (Lipinski definition) is 4. The molecule has 20 heavy (non-hydrogen) atoms. The van der Waals surface area contributed by atoms with Crippen molar-refractivity contribution >= 4 is 10.0 Å². The van der Waals surface area contributed by atoms with Crippen LogP contribution < -0.4 is 10.0 Å². The first kappa shape index (κ1) is 15.5. The molecule has 6 heteroatoms. The second kappa shape index (κ2) is 5.87. The van der Waals surface area contributed by atoms with E-state index < -0.39 is 15.6 Å². The first-order chi connectivity index (χ1) is 9.35. The molecule has 0 unspecified atom stereocenters. The van der Waals surface area contributed by atoms with Crippen molar-refractivity contribution in [2.75, 3.05) is 6.54 Å². The van der Waals surface area contributed by atoms with Crippen LogP contribution in [0.3, 0.4) is 0 Å². The minimum absolute atomic E-state index is 0.000441. The van der Waals surface area contributed by atoms with E-state index in [0.29, 0.717) is 18.2 Å². The molecule has 2 N–H and O–H groups in total. The Labute approximate surface area is 121 Å². The van der Waals surface area contributed by atoms with Crippen molar-refractivity contribution in [2.45, 2.75) is 57.2 Å². The van der Waals surface area contributed by atoms with Gasteiger partial charge >= 0.3 is 0 Å². The van der Waals surface area contributed by atoms with E-state index in [1.807, 2.05) is 13.8 Å². The summed E-state index contributed by atoms with van der Waals surface area (Å²) in [5, 5.41) is 3.18. The monoisotopic (exact) mass is 300 g/mol. The summed E-state index contributed by atoms with van der Waals surface area (Å²) < 4.78 is 32.8. The summed E-state index contributed by atoms with van der Waals surface area (Å²) >= 11 is 0. The van der Waals surface area contributed by atoms with Gasteiger partial charge in [0, 0.05) is 5.54 Å². The van der Waals surface area contributed by atoms with Crippen LogP contribution in [0.4, 0.5) is 0 Å². The Kier molecular flexibility index (Phi) is 4.56. The predicted octanol–water partition coefficient (Wildman–Crippen LogP) is 2.25. The minimum Gasteiger partial charge on any atom is -0.447 e. The van der Waals surface area contributed by atoms with Crippen molar-refractivity contribution in [3.8, 4) is 0 Å². The lowest BCUT2D eigenvalue weighted by atomic mass is 10.0. The Morgan fingerprint density at radius 1 is 1.35 bits per heavy atom. The second-order valence-corrected chi connectivity index (χ2v) is 7.61. The molecule has 0 amide bonds. The number of hydrogen-bond donors (Lipinski definition) is 2. The van der Waals surface area contributed by atoms with Crippen molar-refractivity contribution in [3.63, 3.8) is 0 Å². The SMILES string of the molecule is CCCNCc1ccc(S(=O)(=O)NC(C)(C)C2CC2)o1. The molecule has 0 saturated heterocycles. The number of nitrogens with one attached hydrogen (secondary N) is 2. The maximum Gasteiger partial charge on any atom is 0.274 e. The molecule has 1 aromatic heterocycles. The smallest absolute Gasteiger partial charge is 0.274 e. The molecule has 114 valence electrons. The highest BCUT2D eigenvalue weighted by Gasteiger charge is 2.41. The van der Waals surface area contributed by atoms with Crippen molar-refractivity contribution in [2.24, 2.45) is 5.92 Å². The molecule has 1 fully saturated rings. The Bertz CT molecular complexity index is 545. The summed E-state index contributed by atoms with van der Waals surface area (Å²) in [6.45, 7) is 7.36. The molecule has 0 aromatic carbocycles. The average molecular weight is 300 g/mol. The summed E-state index contributed by atoms with van der Waals surface area (Å²) in [7, 11) is -3.58. The quantitative estimate of drug-likeness (QED) is 0.722. The minimum atomic E-state index is -3.58. The summed E-state index contributed by atoms with van der Waals surface area (Å²) in [5.74, 6) is 1.07. The lowest BCUT2D eigenvalue weighted by molar-refractivity contribution is 0.372. The molecule has 1 aliphatic carbocycles. The lowest BCUT2D eigenvalue weighted by Crippen LogP contribution is -2.44. The highest BCUT2D eigenvalue weighted by molar-refractivity contribution is 7.89. The molecule has 2 rings (SSSR count). The molecular weight excluding hydrogens is 276 g/mol. The first-order valence-electron chi connectivity index (χ1n) is 7.18. The third kappa shape index (κ3) is 3.84. The topological polar surface area (TPSA) is 71.3 Å². The van der Waals surface area contributed by atoms with Crippen LogP contribution >= 0.6 is 0 Å².